The number of piperidine rings is 1. The summed E-state index contributed by atoms with van der Waals surface area (Å²) < 4.78 is 5.86. The van der Waals surface area contributed by atoms with Gasteiger partial charge in [-0.15, -0.1) is 0 Å². The predicted octanol–water partition coefficient (Wildman–Crippen LogP) is 4.37. The molecule has 1 aliphatic heterocycles. The van der Waals surface area contributed by atoms with E-state index in [1.165, 1.54) is 37.9 Å². The first kappa shape index (κ1) is 20.4. The molecule has 0 radical (unpaired) electrons. The maximum atomic E-state index is 12.4. The number of likely N-dealkylation sites (tertiary alicyclic amines) is 1. The van der Waals surface area contributed by atoms with Gasteiger partial charge in [0.1, 0.15) is 5.75 Å². The summed E-state index contributed by atoms with van der Waals surface area (Å²) in [5, 5.41) is 2.98. The van der Waals surface area contributed by atoms with Gasteiger partial charge >= 0.3 is 0 Å². The Hall–Kier alpha value is -2.33. The zero-order valence-corrected chi connectivity index (χ0v) is 17.3. The summed E-state index contributed by atoms with van der Waals surface area (Å²) in [5.74, 6) is 0.669. The van der Waals surface area contributed by atoms with E-state index in [1.54, 1.807) is 6.92 Å². The van der Waals surface area contributed by atoms with Gasteiger partial charge in [-0.1, -0.05) is 42.8 Å². The number of amides is 1. The SMILES string of the molecule is Cc1cccc(O[C@H](C)C(=O)NCc2ccc(CN3CCCCC3)cc2)c1C. The lowest BCUT2D eigenvalue weighted by Gasteiger charge is -2.26. The first-order chi connectivity index (χ1) is 13.5. The molecule has 0 saturated carbocycles. The Morgan fingerprint density at radius 2 is 1.71 bits per heavy atom. The highest BCUT2D eigenvalue weighted by Crippen LogP contribution is 2.21. The van der Waals surface area contributed by atoms with Crippen molar-refractivity contribution in [2.75, 3.05) is 13.1 Å². The Morgan fingerprint density at radius 1 is 1.04 bits per heavy atom. The molecule has 1 fully saturated rings. The number of hydrogen-bond acceptors (Lipinski definition) is 3. The summed E-state index contributed by atoms with van der Waals surface area (Å²) in [6.45, 7) is 9.80. The molecule has 4 heteroatoms. The Morgan fingerprint density at radius 3 is 2.43 bits per heavy atom. The fraction of sp³-hybridized carbons (Fsp3) is 0.458. The molecule has 0 spiro atoms. The number of nitrogens with one attached hydrogen (secondary N) is 1. The number of hydrogen-bond donors (Lipinski definition) is 1. The molecule has 2 aromatic rings. The van der Waals surface area contributed by atoms with Crippen LogP contribution in [0.5, 0.6) is 5.75 Å². The van der Waals surface area contributed by atoms with Gasteiger partial charge in [0.05, 0.1) is 0 Å². The minimum atomic E-state index is -0.529. The van der Waals surface area contributed by atoms with Crippen LogP contribution in [0.3, 0.4) is 0 Å². The van der Waals surface area contributed by atoms with Gasteiger partial charge in [-0.3, -0.25) is 9.69 Å². The molecule has 2 aromatic carbocycles. The van der Waals surface area contributed by atoms with Crippen molar-refractivity contribution in [3.05, 3.63) is 64.7 Å². The average molecular weight is 381 g/mol. The topological polar surface area (TPSA) is 41.6 Å². The molecule has 0 aromatic heterocycles. The van der Waals surface area contributed by atoms with Crippen molar-refractivity contribution in [3.63, 3.8) is 0 Å². The molecular weight excluding hydrogens is 348 g/mol. The van der Waals surface area contributed by atoms with Crippen LogP contribution in [0, 0.1) is 13.8 Å². The third-order valence-electron chi connectivity index (χ3n) is 5.57. The first-order valence-corrected chi connectivity index (χ1v) is 10.3. The average Bonchev–Trinajstić information content (AvgIpc) is 2.71. The fourth-order valence-corrected chi connectivity index (χ4v) is 3.57. The van der Waals surface area contributed by atoms with Crippen LogP contribution >= 0.6 is 0 Å². The molecule has 0 bridgehead atoms. The Bertz CT molecular complexity index is 780. The van der Waals surface area contributed by atoms with Gasteiger partial charge in [-0.2, -0.15) is 0 Å². The quantitative estimate of drug-likeness (QED) is 0.775. The highest BCUT2D eigenvalue weighted by molar-refractivity contribution is 5.80. The predicted molar refractivity (Wildman–Crippen MR) is 113 cm³/mol. The van der Waals surface area contributed by atoms with Crippen molar-refractivity contribution in [1.82, 2.24) is 10.2 Å². The van der Waals surface area contributed by atoms with Crippen molar-refractivity contribution in [2.45, 2.75) is 59.2 Å². The number of benzene rings is 2. The Kier molecular flexibility index (Phi) is 7.10. The van der Waals surface area contributed by atoms with Gasteiger partial charge in [0.2, 0.25) is 0 Å². The number of ether oxygens (including phenoxy) is 1. The number of nitrogens with zero attached hydrogens (tertiary/aromatic N) is 1. The first-order valence-electron chi connectivity index (χ1n) is 10.3. The van der Waals surface area contributed by atoms with Gasteiger partial charge < -0.3 is 10.1 Å². The molecule has 1 atom stereocenters. The molecule has 0 unspecified atom stereocenters. The molecule has 1 heterocycles. The molecule has 0 aliphatic carbocycles. The Balaban J connectivity index is 1.47. The van der Waals surface area contributed by atoms with E-state index in [1.807, 2.05) is 32.0 Å². The monoisotopic (exact) mass is 380 g/mol. The van der Waals surface area contributed by atoms with Crippen molar-refractivity contribution >= 4 is 5.91 Å². The van der Waals surface area contributed by atoms with E-state index in [0.717, 1.165) is 29.0 Å². The second-order valence-corrected chi connectivity index (χ2v) is 7.83. The fourth-order valence-electron chi connectivity index (χ4n) is 3.57. The summed E-state index contributed by atoms with van der Waals surface area (Å²) >= 11 is 0. The van der Waals surface area contributed by atoms with E-state index >= 15 is 0 Å². The third kappa shape index (κ3) is 5.59. The van der Waals surface area contributed by atoms with E-state index in [2.05, 4.69) is 34.5 Å². The standard InChI is InChI=1S/C24H32N2O2/c1-18-8-7-9-23(19(18)2)28-20(3)24(27)25-16-21-10-12-22(13-11-21)17-26-14-5-4-6-15-26/h7-13,20H,4-6,14-17H2,1-3H3,(H,25,27)/t20-/m1/s1. The number of aryl methyl sites for hydroxylation is 1. The normalized spacial score (nSPS) is 15.8. The third-order valence-corrected chi connectivity index (χ3v) is 5.57. The van der Waals surface area contributed by atoms with Crippen LogP contribution in [-0.4, -0.2) is 30.0 Å². The molecule has 1 N–H and O–H groups in total. The maximum absolute atomic E-state index is 12.4. The van der Waals surface area contributed by atoms with Crippen LogP contribution in [0.2, 0.25) is 0 Å². The second kappa shape index (κ2) is 9.74. The molecule has 1 amide bonds. The van der Waals surface area contributed by atoms with Crippen molar-refractivity contribution < 1.29 is 9.53 Å². The minimum Gasteiger partial charge on any atom is -0.481 e. The number of carbonyl (C=O) groups excluding carboxylic acids is 1. The molecule has 150 valence electrons. The van der Waals surface area contributed by atoms with Crippen LogP contribution in [-0.2, 0) is 17.9 Å². The van der Waals surface area contributed by atoms with Gasteiger partial charge in [0.25, 0.3) is 5.91 Å². The summed E-state index contributed by atoms with van der Waals surface area (Å²) in [6.07, 6.45) is 3.46. The molecule has 1 saturated heterocycles. The lowest BCUT2D eigenvalue weighted by molar-refractivity contribution is -0.127. The van der Waals surface area contributed by atoms with Crippen LogP contribution in [0.15, 0.2) is 42.5 Å². The smallest absolute Gasteiger partial charge is 0.261 e. The molecule has 28 heavy (non-hydrogen) atoms. The highest BCUT2D eigenvalue weighted by atomic mass is 16.5. The van der Waals surface area contributed by atoms with Gasteiger partial charge in [-0.25, -0.2) is 0 Å². The Labute approximate surface area is 168 Å². The lowest BCUT2D eigenvalue weighted by Crippen LogP contribution is -2.36. The van der Waals surface area contributed by atoms with E-state index in [4.69, 9.17) is 4.74 Å². The summed E-state index contributed by atoms with van der Waals surface area (Å²) in [7, 11) is 0. The lowest BCUT2D eigenvalue weighted by atomic mass is 10.1. The molecular formula is C24H32N2O2. The van der Waals surface area contributed by atoms with Gasteiger partial charge in [-0.05, 0) is 75.0 Å². The van der Waals surface area contributed by atoms with E-state index in [-0.39, 0.29) is 5.91 Å². The summed E-state index contributed by atoms with van der Waals surface area (Å²) in [4.78, 5) is 14.9. The summed E-state index contributed by atoms with van der Waals surface area (Å²) in [6, 6.07) is 14.5. The van der Waals surface area contributed by atoms with E-state index < -0.39 is 6.10 Å². The van der Waals surface area contributed by atoms with Crippen LogP contribution in [0.25, 0.3) is 0 Å². The zero-order valence-electron chi connectivity index (χ0n) is 17.3. The van der Waals surface area contributed by atoms with Crippen LogP contribution < -0.4 is 10.1 Å². The van der Waals surface area contributed by atoms with Crippen LogP contribution in [0.4, 0.5) is 0 Å². The molecule has 3 rings (SSSR count). The van der Waals surface area contributed by atoms with E-state index in [0.29, 0.717) is 6.54 Å². The van der Waals surface area contributed by atoms with Gasteiger partial charge in [0.15, 0.2) is 6.10 Å². The van der Waals surface area contributed by atoms with Crippen molar-refractivity contribution in [3.8, 4) is 5.75 Å². The van der Waals surface area contributed by atoms with Crippen LogP contribution in [0.1, 0.15) is 48.4 Å². The van der Waals surface area contributed by atoms with Crippen molar-refractivity contribution in [1.29, 1.82) is 0 Å². The number of carbonyl (C=O) groups is 1. The summed E-state index contributed by atoms with van der Waals surface area (Å²) in [5.41, 5.74) is 4.68. The van der Waals surface area contributed by atoms with Gasteiger partial charge in [0, 0.05) is 13.1 Å². The molecule has 4 nitrogen and oxygen atoms in total. The highest BCUT2D eigenvalue weighted by Gasteiger charge is 2.16. The number of rotatable bonds is 7. The van der Waals surface area contributed by atoms with E-state index in [9.17, 15) is 4.79 Å². The molecule has 1 aliphatic rings. The maximum Gasteiger partial charge on any atom is 0.261 e. The second-order valence-electron chi connectivity index (χ2n) is 7.83. The minimum absolute atomic E-state index is 0.0988. The van der Waals surface area contributed by atoms with Crippen molar-refractivity contribution in [2.24, 2.45) is 0 Å². The zero-order chi connectivity index (χ0) is 19.9. The largest absolute Gasteiger partial charge is 0.481 e.